The molecule has 1 saturated heterocycles. The first-order valence-electron chi connectivity index (χ1n) is 11.8. The number of benzene rings is 2. The van der Waals surface area contributed by atoms with E-state index in [1.165, 1.54) is 4.31 Å². The predicted octanol–water partition coefficient (Wildman–Crippen LogP) is 1.51. The highest BCUT2D eigenvalue weighted by Crippen LogP contribution is 2.20. The van der Waals surface area contributed by atoms with E-state index < -0.39 is 10.0 Å². The first-order chi connectivity index (χ1) is 16.8. The second-order valence-electron chi connectivity index (χ2n) is 8.82. The molecular formula is C25H30N4O5S. The van der Waals surface area contributed by atoms with E-state index in [1.54, 1.807) is 59.5 Å². The third kappa shape index (κ3) is 6.67. The lowest BCUT2D eigenvalue weighted by atomic mass is 10.1. The Morgan fingerprint density at radius 1 is 0.857 bits per heavy atom. The molecule has 35 heavy (non-hydrogen) atoms. The fourth-order valence-electron chi connectivity index (χ4n) is 3.86. The minimum Gasteiger partial charge on any atom is -0.352 e. The zero-order chi connectivity index (χ0) is 24.8. The van der Waals surface area contributed by atoms with Gasteiger partial charge in [-0.25, -0.2) is 8.42 Å². The lowest BCUT2D eigenvalue weighted by molar-refractivity contribution is -0.134. The predicted molar refractivity (Wildman–Crippen MR) is 130 cm³/mol. The Labute approximate surface area is 205 Å². The van der Waals surface area contributed by atoms with Crippen LogP contribution in [0.1, 0.15) is 41.6 Å². The standard InChI is InChI=1S/C25H30N4O5S/c30-23(26-18-19-6-8-20(9-7-19)25(32)27-21-10-11-21)12-13-24(31)28-14-16-29(17-15-28)35(33,34)22-4-2-1-3-5-22/h1-9,21H,10-18H2,(H,26,30)(H,27,32). The second-order valence-corrected chi connectivity index (χ2v) is 10.8. The van der Waals surface area contributed by atoms with Crippen LogP contribution in [0.3, 0.4) is 0 Å². The zero-order valence-corrected chi connectivity index (χ0v) is 20.3. The van der Waals surface area contributed by atoms with Gasteiger partial charge < -0.3 is 15.5 Å². The summed E-state index contributed by atoms with van der Waals surface area (Å²) in [6.45, 7) is 1.36. The molecule has 4 rings (SSSR count). The molecule has 2 aromatic rings. The zero-order valence-electron chi connectivity index (χ0n) is 19.5. The summed E-state index contributed by atoms with van der Waals surface area (Å²) in [6, 6.07) is 15.6. The Morgan fingerprint density at radius 2 is 1.51 bits per heavy atom. The van der Waals surface area contributed by atoms with Crippen molar-refractivity contribution >= 4 is 27.7 Å². The minimum atomic E-state index is -3.57. The van der Waals surface area contributed by atoms with Crippen LogP contribution >= 0.6 is 0 Å². The van der Waals surface area contributed by atoms with Crippen molar-refractivity contribution in [3.63, 3.8) is 0 Å². The maximum absolute atomic E-state index is 12.7. The van der Waals surface area contributed by atoms with E-state index in [1.807, 2.05) is 0 Å². The van der Waals surface area contributed by atoms with Crippen LogP contribution in [0.4, 0.5) is 0 Å². The van der Waals surface area contributed by atoms with Gasteiger partial charge in [0.15, 0.2) is 0 Å². The van der Waals surface area contributed by atoms with Crippen LogP contribution in [0.5, 0.6) is 0 Å². The number of carbonyl (C=O) groups is 3. The van der Waals surface area contributed by atoms with Gasteiger partial charge in [0.05, 0.1) is 4.90 Å². The van der Waals surface area contributed by atoms with Gasteiger partial charge in [-0.05, 0) is 42.7 Å². The minimum absolute atomic E-state index is 0.0588. The molecule has 1 aliphatic carbocycles. The summed E-state index contributed by atoms with van der Waals surface area (Å²) in [4.78, 5) is 38.6. The van der Waals surface area contributed by atoms with Gasteiger partial charge in [0.2, 0.25) is 21.8 Å². The molecule has 0 spiro atoms. The summed E-state index contributed by atoms with van der Waals surface area (Å²) in [5.41, 5.74) is 1.46. The Bertz CT molecular complexity index is 1160. The van der Waals surface area contributed by atoms with Gasteiger partial charge in [0.25, 0.3) is 5.91 Å². The van der Waals surface area contributed by atoms with Gasteiger partial charge in [-0.2, -0.15) is 4.31 Å². The molecule has 0 atom stereocenters. The molecule has 10 heteroatoms. The van der Waals surface area contributed by atoms with E-state index in [4.69, 9.17) is 0 Å². The molecule has 0 unspecified atom stereocenters. The fraction of sp³-hybridized carbons (Fsp3) is 0.400. The van der Waals surface area contributed by atoms with Gasteiger partial charge >= 0.3 is 0 Å². The summed E-state index contributed by atoms with van der Waals surface area (Å²) < 4.78 is 26.8. The van der Waals surface area contributed by atoms with Crippen LogP contribution in [0.2, 0.25) is 0 Å². The molecule has 9 nitrogen and oxygen atoms in total. The number of hydrogen-bond acceptors (Lipinski definition) is 5. The maximum atomic E-state index is 12.7. The molecular weight excluding hydrogens is 468 g/mol. The van der Waals surface area contributed by atoms with E-state index in [-0.39, 0.29) is 48.5 Å². The number of amides is 3. The number of sulfonamides is 1. The molecule has 2 fully saturated rings. The Balaban J connectivity index is 1.16. The van der Waals surface area contributed by atoms with E-state index in [0.29, 0.717) is 31.2 Å². The van der Waals surface area contributed by atoms with Gasteiger partial charge in [-0.15, -0.1) is 0 Å². The summed E-state index contributed by atoms with van der Waals surface area (Å²) in [5.74, 6) is -0.484. The number of nitrogens with zero attached hydrogens (tertiary/aromatic N) is 2. The van der Waals surface area contributed by atoms with Crippen molar-refractivity contribution < 1.29 is 22.8 Å². The number of rotatable bonds is 9. The van der Waals surface area contributed by atoms with E-state index in [0.717, 1.165) is 18.4 Å². The maximum Gasteiger partial charge on any atom is 0.251 e. The van der Waals surface area contributed by atoms with E-state index >= 15 is 0 Å². The molecule has 2 aliphatic rings. The molecule has 1 aliphatic heterocycles. The number of piperazine rings is 1. The summed E-state index contributed by atoms with van der Waals surface area (Å²) in [5, 5.41) is 5.73. The SMILES string of the molecule is O=C(CCC(=O)N1CCN(S(=O)(=O)c2ccccc2)CC1)NCc1ccc(C(=O)NC2CC2)cc1. The monoisotopic (exact) mass is 498 g/mol. The molecule has 1 saturated carbocycles. The van der Waals surface area contributed by atoms with Crippen LogP contribution in [0.15, 0.2) is 59.5 Å². The van der Waals surface area contributed by atoms with Crippen LogP contribution in [-0.2, 0) is 26.2 Å². The largest absolute Gasteiger partial charge is 0.352 e. The number of carbonyl (C=O) groups excluding carboxylic acids is 3. The van der Waals surface area contributed by atoms with Crippen molar-refractivity contribution in [3.8, 4) is 0 Å². The van der Waals surface area contributed by atoms with Crippen molar-refractivity contribution in [2.24, 2.45) is 0 Å². The number of hydrogen-bond donors (Lipinski definition) is 2. The van der Waals surface area contributed by atoms with Crippen LogP contribution in [0, 0.1) is 0 Å². The average molecular weight is 499 g/mol. The molecule has 0 radical (unpaired) electrons. The Morgan fingerprint density at radius 3 is 2.14 bits per heavy atom. The summed E-state index contributed by atoms with van der Waals surface area (Å²) in [7, 11) is -3.57. The average Bonchev–Trinajstić information content (AvgIpc) is 3.71. The van der Waals surface area contributed by atoms with Gasteiger partial charge in [0.1, 0.15) is 0 Å². The Hall–Kier alpha value is -3.24. The topological polar surface area (TPSA) is 116 Å². The third-order valence-electron chi connectivity index (χ3n) is 6.16. The van der Waals surface area contributed by atoms with Crippen molar-refractivity contribution in [2.45, 2.75) is 43.2 Å². The van der Waals surface area contributed by atoms with Gasteiger partial charge in [-0.3, -0.25) is 14.4 Å². The first-order valence-corrected chi connectivity index (χ1v) is 13.3. The molecule has 2 N–H and O–H groups in total. The van der Waals surface area contributed by atoms with Crippen molar-refractivity contribution in [1.82, 2.24) is 19.8 Å². The quantitative estimate of drug-likeness (QED) is 0.544. The molecule has 0 aromatic heterocycles. The van der Waals surface area contributed by atoms with Gasteiger partial charge in [-0.1, -0.05) is 30.3 Å². The summed E-state index contributed by atoms with van der Waals surface area (Å²) >= 11 is 0. The smallest absolute Gasteiger partial charge is 0.251 e. The first kappa shape index (κ1) is 24.9. The van der Waals surface area contributed by atoms with Crippen molar-refractivity contribution in [2.75, 3.05) is 26.2 Å². The summed E-state index contributed by atoms with van der Waals surface area (Å²) in [6.07, 6.45) is 2.19. The number of nitrogens with one attached hydrogen (secondary N) is 2. The molecule has 0 bridgehead atoms. The lowest BCUT2D eigenvalue weighted by Gasteiger charge is -2.34. The Kier molecular flexibility index (Phi) is 7.82. The third-order valence-corrected chi connectivity index (χ3v) is 8.07. The van der Waals surface area contributed by atoms with E-state index in [9.17, 15) is 22.8 Å². The van der Waals surface area contributed by atoms with Crippen molar-refractivity contribution in [1.29, 1.82) is 0 Å². The van der Waals surface area contributed by atoms with Crippen LogP contribution in [-0.4, -0.2) is 67.6 Å². The molecule has 186 valence electrons. The lowest BCUT2D eigenvalue weighted by Crippen LogP contribution is -2.50. The normalized spacial score (nSPS) is 16.5. The van der Waals surface area contributed by atoms with Crippen molar-refractivity contribution in [3.05, 3.63) is 65.7 Å². The van der Waals surface area contributed by atoms with Crippen LogP contribution < -0.4 is 10.6 Å². The van der Waals surface area contributed by atoms with Crippen LogP contribution in [0.25, 0.3) is 0 Å². The fourth-order valence-corrected chi connectivity index (χ4v) is 5.30. The van der Waals surface area contributed by atoms with E-state index in [2.05, 4.69) is 10.6 Å². The molecule has 3 amide bonds. The highest BCUT2D eigenvalue weighted by Gasteiger charge is 2.30. The highest BCUT2D eigenvalue weighted by molar-refractivity contribution is 7.89. The van der Waals surface area contributed by atoms with Gasteiger partial charge in [0, 0.05) is 57.2 Å². The highest BCUT2D eigenvalue weighted by atomic mass is 32.2. The second kappa shape index (κ2) is 11.0. The molecule has 2 aromatic carbocycles. The molecule has 1 heterocycles.